The van der Waals surface area contributed by atoms with Crippen molar-refractivity contribution in [2.45, 2.75) is 26.3 Å². The Balaban J connectivity index is 2.82. The average molecular weight is 280 g/mol. The van der Waals surface area contributed by atoms with Gasteiger partial charge in [0.15, 0.2) is 0 Å². The van der Waals surface area contributed by atoms with Crippen LogP contribution in [0.5, 0.6) is 0 Å². The molecule has 6 heteroatoms. The highest BCUT2D eigenvalue weighted by molar-refractivity contribution is 6.01. The number of methoxy groups -OCH3 is 1. The van der Waals surface area contributed by atoms with Gasteiger partial charge in [0, 0.05) is 7.11 Å². The Bertz CT molecular complexity index is 488. The summed E-state index contributed by atoms with van der Waals surface area (Å²) in [4.78, 5) is 23.1. The van der Waals surface area contributed by atoms with Gasteiger partial charge in [-0.05, 0) is 25.0 Å². The lowest BCUT2D eigenvalue weighted by molar-refractivity contribution is 0.0698. The van der Waals surface area contributed by atoms with Gasteiger partial charge in [0.1, 0.15) is 0 Å². The first-order valence-electron chi connectivity index (χ1n) is 6.39. The molecule has 0 aromatic heterocycles. The quantitative estimate of drug-likeness (QED) is 0.745. The number of anilines is 1. The topological polar surface area (TPSA) is 87.7 Å². The predicted molar refractivity (Wildman–Crippen MR) is 76.2 cm³/mol. The van der Waals surface area contributed by atoms with E-state index in [1.807, 2.05) is 6.92 Å². The fraction of sp³-hybridized carbons (Fsp3) is 0.429. The Morgan fingerprint density at radius 3 is 2.65 bits per heavy atom. The number of amides is 2. The molecular formula is C14H20N2O4. The summed E-state index contributed by atoms with van der Waals surface area (Å²) in [5.41, 5.74) is 1.07. The molecule has 1 rings (SSSR count). The van der Waals surface area contributed by atoms with E-state index in [4.69, 9.17) is 9.84 Å². The Morgan fingerprint density at radius 1 is 1.40 bits per heavy atom. The number of para-hydroxylation sites is 1. The fourth-order valence-electron chi connectivity index (χ4n) is 1.81. The molecule has 110 valence electrons. The Labute approximate surface area is 118 Å². The van der Waals surface area contributed by atoms with Crippen LogP contribution in [0.1, 0.15) is 29.3 Å². The van der Waals surface area contributed by atoms with Gasteiger partial charge in [-0.15, -0.1) is 0 Å². The monoisotopic (exact) mass is 280 g/mol. The second-order valence-electron chi connectivity index (χ2n) is 4.46. The maximum atomic E-state index is 11.9. The van der Waals surface area contributed by atoms with Gasteiger partial charge >= 0.3 is 12.0 Å². The lowest BCUT2D eigenvalue weighted by Crippen LogP contribution is -2.40. The van der Waals surface area contributed by atoms with Crippen LogP contribution < -0.4 is 10.6 Å². The highest BCUT2D eigenvalue weighted by Gasteiger charge is 2.16. The first kappa shape index (κ1) is 16.0. The van der Waals surface area contributed by atoms with Crippen LogP contribution in [0.15, 0.2) is 18.2 Å². The highest BCUT2D eigenvalue weighted by atomic mass is 16.5. The van der Waals surface area contributed by atoms with Crippen molar-refractivity contribution in [1.82, 2.24) is 5.32 Å². The molecule has 0 saturated carbocycles. The summed E-state index contributed by atoms with van der Waals surface area (Å²) in [6.45, 7) is 4.08. The van der Waals surface area contributed by atoms with E-state index in [-0.39, 0.29) is 11.6 Å². The van der Waals surface area contributed by atoms with Gasteiger partial charge in [0.2, 0.25) is 0 Å². The lowest BCUT2D eigenvalue weighted by atomic mass is 10.1. The van der Waals surface area contributed by atoms with Crippen molar-refractivity contribution in [3.8, 4) is 0 Å². The summed E-state index contributed by atoms with van der Waals surface area (Å²) in [5, 5.41) is 14.5. The molecular weight excluding hydrogens is 260 g/mol. The third-order valence-corrected chi connectivity index (χ3v) is 2.94. The second kappa shape index (κ2) is 7.49. The smallest absolute Gasteiger partial charge is 0.337 e. The summed E-state index contributed by atoms with van der Waals surface area (Å²) < 4.78 is 5.00. The molecule has 20 heavy (non-hydrogen) atoms. The normalized spacial score (nSPS) is 11.8. The number of benzene rings is 1. The number of carboxylic acid groups (broad SMARTS) is 1. The van der Waals surface area contributed by atoms with Gasteiger partial charge in [-0.3, -0.25) is 0 Å². The summed E-state index contributed by atoms with van der Waals surface area (Å²) >= 11 is 0. The predicted octanol–water partition coefficient (Wildman–Crippen LogP) is 2.24. The van der Waals surface area contributed by atoms with Gasteiger partial charge in [-0.1, -0.05) is 19.1 Å². The van der Waals surface area contributed by atoms with E-state index in [9.17, 15) is 9.59 Å². The Kier molecular flexibility index (Phi) is 5.99. The minimum absolute atomic E-state index is 0.0694. The van der Waals surface area contributed by atoms with Crippen molar-refractivity contribution >= 4 is 17.7 Å². The number of rotatable bonds is 6. The minimum atomic E-state index is -1.08. The largest absolute Gasteiger partial charge is 0.478 e. The van der Waals surface area contributed by atoms with Crippen LogP contribution in [0.4, 0.5) is 10.5 Å². The molecule has 1 atom stereocenters. The SMILES string of the molecule is CCC(COC)NC(=O)Nc1c(C)cccc1C(=O)O. The number of carboxylic acids is 1. The maximum absolute atomic E-state index is 11.9. The van der Waals surface area contributed by atoms with Crippen LogP contribution in [0.2, 0.25) is 0 Å². The zero-order chi connectivity index (χ0) is 15.1. The molecule has 0 heterocycles. The Hall–Kier alpha value is -2.08. The highest BCUT2D eigenvalue weighted by Crippen LogP contribution is 2.20. The molecule has 0 spiro atoms. The van der Waals surface area contributed by atoms with Gasteiger partial charge in [-0.25, -0.2) is 9.59 Å². The lowest BCUT2D eigenvalue weighted by Gasteiger charge is -2.18. The molecule has 0 bridgehead atoms. The van der Waals surface area contributed by atoms with E-state index < -0.39 is 12.0 Å². The standard InChI is InChI=1S/C14H20N2O4/c1-4-10(8-20-3)15-14(19)16-12-9(2)6-5-7-11(12)13(17)18/h5-7,10H,4,8H2,1-3H3,(H,17,18)(H2,15,16,19). The van der Waals surface area contributed by atoms with Crippen LogP contribution >= 0.6 is 0 Å². The molecule has 0 aliphatic rings. The third-order valence-electron chi connectivity index (χ3n) is 2.94. The van der Waals surface area contributed by atoms with Crippen LogP contribution in [0.25, 0.3) is 0 Å². The number of aryl methyl sites for hydroxylation is 1. The molecule has 3 N–H and O–H groups in total. The number of carbonyl (C=O) groups is 2. The molecule has 1 unspecified atom stereocenters. The number of carbonyl (C=O) groups excluding carboxylic acids is 1. The fourth-order valence-corrected chi connectivity index (χ4v) is 1.81. The van der Waals surface area contributed by atoms with Crippen molar-refractivity contribution in [3.63, 3.8) is 0 Å². The first-order valence-corrected chi connectivity index (χ1v) is 6.39. The summed E-state index contributed by atoms with van der Waals surface area (Å²) in [7, 11) is 1.56. The number of aromatic carboxylic acids is 1. The number of hydrogen-bond donors (Lipinski definition) is 3. The molecule has 0 radical (unpaired) electrons. The van der Waals surface area contributed by atoms with Gasteiger partial charge in [0.05, 0.1) is 23.9 Å². The van der Waals surface area contributed by atoms with Crippen molar-refractivity contribution in [2.75, 3.05) is 19.0 Å². The van der Waals surface area contributed by atoms with Gasteiger partial charge in [-0.2, -0.15) is 0 Å². The van der Waals surface area contributed by atoms with E-state index in [1.54, 1.807) is 26.2 Å². The van der Waals surface area contributed by atoms with Crippen molar-refractivity contribution in [2.24, 2.45) is 0 Å². The molecule has 1 aromatic carbocycles. The van der Waals surface area contributed by atoms with Gasteiger partial charge in [0.25, 0.3) is 0 Å². The molecule has 0 aliphatic carbocycles. The number of urea groups is 1. The number of hydrogen-bond acceptors (Lipinski definition) is 3. The summed E-state index contributed by atoms with van der Waals surface area (Å²) in [6.07, 6.45) is 0.723. The Morgan fingerprint density at radius 2 is 2.10 bits per heavy atom. The van der Waals surface area contributed by atoms with Crippen molar-refractivity contribution in [3.05, 3.63) is 29.3 Å². The van der Waals surface area contributed by atoms with E-state index in [1.165, 1.54) is 6.07 Å². The van der Waals surface area contributed by atoms with E-state index in [2.05, 4.69) is 10.6 Å². The van der Waals surface area contributed by atoms with Crippen molar-refractivity contribution < 1.29 is 19.4 Å². The molecule has 1 aromatic rings. The number of nitrogens with one attached hydrogen (secondary N) is 2. The van der Waals surface area contributed by atoms with Crippen LogP contribution in [-0.2, 0) is 4.74 Å². The third kappa shape index (κ3) is 4.24. The molecule has 2 amide bonds. The van der Waals surface area contributed by atoms with E-state index in [0.717, 1.165) is 6.42 Å². The molecule has 0 fully saturated rings. The summed E-state index contributed by atoms with van der Waals surface area (Å²) in [5.74, 6) is -1.08. The van der Waals surface area contributed by atoms with Gasteiger partial charge < -0.3 is 20.5 Å². The zero-order valence-corrected chi connectivity index (χ0v) is 11.9. The van der Waals surface area contributed by atoms with Crippen LogP contribution in [0, 0.1) is 6.92 Å². The molecule has 0 saturated heterocycles. The molecule has 6 nitrogen and oxygen atoms in total. The average Bonchev–Trinajstić information content (AvgIpc) is 2.40. The number of ether oxygens (including phenoxy) is 1. The zero-order valence-electron chi connectivity index (χ0n) is 11.9. The van der Waals surface area contributed by atoms with E-state index >= 15 is 0 Å². The first-order chi connectivity index (χ1) is 9.49. The minimum Gasteiger partial charge on any atom is -0.478 e. The van der Waals surface area contributed by atoms with Crippen molar-refractivity contribution in [1.29, 1.82) is 0 Å². The van der Waals surface area contributed by atoms with Crippen LogP contribution in [0.3, 0.4) is 0 Å². The van der Waals surface area contributed by atoms with E-state index in [0.29, 0.717) is 17.9 Å². The molecule has 0 aliphatic heterocycles. The maximum Gasteiger partial charge on any atom is 0.337 e. The summed E-state index contributed by atoms with van der Waals surface area (Å²) in [6, 6.07) is 4.29. The van der Waals surface area contributed by atoms with Crippen LogP contribution in [-0.4, -0.2) is 36.9 Å². The second-order valence-corrected chi connectivity index (χ2v) is 4.46.